The van der Waals surface area contributed by atoms with E-state index < -0.39 is 97.5 Å². The number of phosphoric ester groups is 2. The number of esters is 4. The molecule has 17 nitrogen and oxygen atoms in total. The Hall–Kier alpha value is -2.98. The molecule has 0 amide bonds. The SMILES string of the molecule is CCCCC/C=C\C/C=C\CCCCCCCC(=O)OC[C@H](COP(=O)(O)OC[C@H](O)COP(=O)(O)OC[C@@H](COC(=O)CCCCCCCCCCCCCCCCC)OC(=O)CCCCCCC/C=C\C/C=C\CCCCC)OC(=O)CCCCCCCCCCCCCCCCCCC. The lowest BCUT2D eigenvalue weighted by Crippen LogP contribution is -2.30. The lowest BCUT2D eigenvalue weighted by molar-refractivity contribution is -0.161. The lowest BCUT2D eigenvalue weighted by atomic mass is 10.0. The maximum absolute atomic E-state index is 13.1. The Labute approximate surface area is 623 Å². The molecule has 0 rings (SSSR count). The van der Waals surface area contributed by atoms with Gasteiger partial charge < -0.3 is 33.8 Å². The van der Waals surface area contributed by atoms with Crippen LogP contribution in [0.4, 0.5) is 0 Å². The average molecular weight is 1490 g/mol. The second kappa shape index (κ2) is 76.2. The highest BCUT2D eigenvalue weighted by molar-refractivity contribution is 7.47. The molecule has 0 fully saturated rings. The van der Waals surface area contributed by atoms with Gasteiger partial charge in [0.25, 0.3) is 0 Å². The number of rotatable bonds is 80. The third-order valence-electron chi connectivity index (χ3n) is 18.3. The number of aliphatic hydroxyl groups is 1. The normalized spacial score (nSPS) is 14.1. The van der Waals surface area contributed by atoms with Gasteiger partial charge in [-0.25, -0.2) is 9.13 Å². The molecule has 0 aromatic heterocycles. The zero-order valence-electron chi connectivity index (χ0n) is 65.6. The van der Waals surface area contributed by atoms with Crippen molar-refractivity contribution in [2.75, 3.05) is 39.6 Å². The molecule has 0 radical (unpaired) electrons. The number of allylic oxidation sites excluding steroid dienone is 8. The maximum atomic E-state index is 13.1. The average Bonchev–Trinajstić information content (AvgIpc) is 1.12. The van der Waals surface area contributed by atoms with E-state index in [-0.39, 0.29) is 25.7 Å². The molecule has 0 aliphatic carbocycles. The van der Waals surface area contributed by atoms with Gasteiger partial charge in [-0.05, 0) is 89.9 Å². The van der Waals surface area contributed by atoms with E-state index in [1.54, 1.807) is 0 Å². The van der Waals surface area contributed by atoms with E-state index in [0.29, 0.717) is 25.7 Å². The number of ether oxygens (including phenoxy) is 4. The largest absolute Gasteiger partial charge is 0.472 e. The molecule has 0 spiro atoms. The summed E-state index contributed by atoms with van der Waals surface area (Å²) in [7, 11) is -9.95. The van der Waals surface area contributed by atoms with Gasteiger partial charge in [0.05, 0.1) is 26.4 Å². The number of carbonyl (C=O) groups excluding carboxylic acids is 4. The summed E-state index contributed by atoms with van der Waals surface area (Å²) in [4.78, 5) is 73.1. The van der Waals surface area contributed by atoms with Crippen molar-refractivity contribution in [2.45, 2.75) is 418 Å². The zero-order chi connectivity index (χ0) is 74.6. The third kappa shape index (κ3) is 75.3. The van der Waals surface area contributed by atoms with Crippen molar-refractivity contribution < 1.29 is 80.2 Å². The number of hydrogen-bond donors (Lipinski definition) is 3. The molecule has 2 unspecified atom stereocenters. The highest BCUT2D eigenvalue weighted by atomic mass is 31.2. The smallest absolute Gasteiger partial charge is 0.462 e. The van der Waals surface area contributed by atoms with Crippen molar-refractivity contribution in [3.05, 3.63) is 48.6 Å². The Morgan fingerprint density at radius 2 is 0.480 bits per heavy atom. The number of hydrogen-bond acceptors (Lipinski definition) is 15. The summed E-state index contributed by atoms with van der Waals surface area (Å²) in [5.41, 5.74) is 0. The highest BCUT2D eigenvalue weighted by Gasteiger charge is 2.30. The molecule has 102 heavy (non-hydrogen) atoms. The van der Waals surface area contributed by atoms with Gasteiger partial charge in [-0.3, -0.25) is 37.3 Å². The minimum absolute atomic E-state index is 0.0854. The molecule has 3 N–H and O–H groups in total. The molecule has 0 aromatic rings. The summed E-state index contributed by atoms with van der Waals surface area (Å²) >= 11 is 0. The van der Waals surface area contributed by atoms with Crippen LogP contribution >= 0.6 is 15.6 Å². The van der Waals surface area contributed by atoms with E-state index in [0.717, 1.165) is 135 Å². The standard InChI is InChI=1S/C83H154O17P2/c1-5-9-13-17-21-25-29-33-37-38-42-46-50-54-58-62-66-70-83(88)100-79(74-94-81(86)68-64-60-56-52-48-44-40-35-31-27-23-19-15-11-7-3)76-98-102(91,92)96-72-77(84)71-95-101(89,90)97-75-78(99-82(87)69-65-61-57-53-49-45-41-36-32-28-24-20-16-12-8-4)73-93-80(85)67-63-59-55-51-47-43-39-34-30-26-22-18-14-10-6-2/h23-24,27-28,35-36,40-41,77-79,84H,5-22,25-26,29-34,37-39,42-76H2,1-4H3,(H,89,90)(H,91,92)/b27-23-,28-24-,40-35-,41-36-/t77-,78-,79-/m1/s1. The van der Waals surface area contributed by atoms with Gasteiger partial charge in [-0.2, -0.15) is 0 Å². The summed E-state index contributed by atoms with van der Waals surface area (Å²) < 4.78 is 68.7. The van der Waals surface area contributed by atoms with Gasteiger partial charge in [-0.1, -0.05) is 333 Å². The van der Waals surface area contributed by atoms with Gasteiger partial charge in [0.1, 0.15) is 19.3 Å². The lowest BCUT2D eigenvalue weighted by Gasteiger charge is -2.21. The van der Waals surface area contributed by atoms with E-state index in [1.807, 2.05) is 0 Å². The van der Waals surface area contributed by atoms with Crippen molar-refractivity contribution >= 4 is 39.5 Å². The molecule has 0 saturated heterocycles. The Morgan fingerprint density at radius 3 is 0.745 bits per heavy atom. The van der Waals surface area contributed by atoms with Crippen molar-refractivity contribution in [1.29, 1.82) is 0 Å². The Morgan fingerprint density at radius 1 is 0.275 bits per heavy atom. The highest BCUT2D eigenvalue weighted by Crippen LogP contribution is 2.45. The van der Waals surface area contributed by atoms with Gasteiger partial charge in [0, 0.05) is 25.7 Å². The van der Waals surface area contributed by atoms with Crippen molar-refractivity contribution in [3.8, 4) is 0 Å². The van der Waals surface area contributed by atoms with E-state index >= 15 is 0 Å². The number of unbranched alkanes of at least 4 members (excludes halogenated alkanes) is 46. The first-order valence-corrected chi connectivity index (χ1v) is 44.9. The van der Waals surface area contributed by atoms with Crippen LogP contribution in [0.25, 0.3) is 0 Å². The molecule has 19 heteroatoms. The Bertz CT molecular complexity index is 2120. The molecule has 5 atom stereocenters. The Balaban J connectivity index is 5.33. The van der Waals surface area contributed by atoms with Crippen LogP contribution in [0.1, 0.15) is 400 Å². The van der Waals surface area contributed by atoms with Crippen LogP contribution in [0.2, 0.25) is 0 Å². The van der Waals surface area contributed by atoms with Crippen molar-refractivity contribution in [2.24, 2.45) is 0 Å². The predicted octanol–water partition coefficient (Wildman–Crippen LogP) is 24.5. The first-order chi connectivity index (χ1) is 49.7. The van der Waals surface area contributed by atoms with Gasteiger partial charge in [0.15, 0.2) is 12.2 Å². The van der Waals surface area contributed by atoms with Gasteiger partial charge in [0.2, 0.25) is 0 Å². The molecule has 0 bridgehead atoms. The molecule has 0 saturated carbocycles. The van der Waals surface area contributed by atoms with E-state index in [2.05, 4.69) is 76.3 Å². The second-order valence-corrected chi connectivity index (χ2v) is 31.3. The fourth-order valence-electron chi connectivity index (χ4n) is 11.9. The van der Waals surface area contributed by atoms with Crippen LogP contribution in [0.15, 0.2) is 48.6 Å². The van der Waals surface area contributed by atoms with Gasteiger partial charge in [-0.15, -0.1) is 0 Å². The monoisotopic (exact) mass is 1490 g/mol. The third-order valence-corrected chi connectivity index (χ3v) is 20.2. The van der Waals surface area contributed by atoms with E-state index in [4.69, 9.17) is 37.0 Å². The van der Waals surface area contributed by atoms with Gasteiger partial charge >= 0.3 is 39.5 Å². The zero-order valence-corrected chi connectivity index (χ0v) is 67.3. The summed E-state index contributed by atoms with van der Waals surface area (Å²) in [6, 6.07) is 0. The number of phosphoric acid groups is 2. The second-order valence-electron chi connectivity index (χ2n) is 28.4. The summed E-state index contributed by atoms with van der Waals surface area (Å²) in [6.07, 6.45) is 75.0. The maximum Gasteiger partial charge on any atom is 0.472 e. The van der Waals surface area contributed by atoms with E-state index in [1.165, 1.54) is 186 Å². The summed E-state index contributed by atoms with van der Waals surface area (Å²) in [5, 5.41) is 10.7. The molecule has 0 aliphatic heterocycles. The predicted molar refractivity (Wildman–Crippen MR) is 418 cm³/mol. The van der Waals surface area contributed by atoms with Crippen molar-refractivity contribution in [3.63, 3.8) is 0 Å². The fourth-order valence-corrected chi connectivity index (χ4v) is 13.5. The summed E-state index contributed by atoms with van der Waals surface area (Å²) in [5.74, 6) is -2.16. The molecule has 0 aliphatic rings. The minimum Gasteiger partial charge on any atom is -0.462 e. The first-order valence-electron chi connectivity index (χ1n) is 41.9. The van der Waals surface area contributed by atoms with Crippen LogP contribution in [-0.2, 0) is 65.4 Å². The molecular formula is C83H154O17P2. The van der Waals surface area contributed by atoms with Crippen LogP contribution in [-0.4, -0.2) is 96.7 Å². The van der Waals surface area contributed by atoms with Crippen molar-refractivity contribution in [1.82, 2.24) is 0 Å². The quantitative estimate of drug-likeness (QED) is 0.0169. The number of aliphatic hydroxyl groups excluding tert-OH is 1. The molecule has 0 heterocycles. The minimum atomic E-state index is -4.97. The van der Waals surface area contributed by atoms with Crippen LogP contribution in [0.5, 0.6) is 0 Å². The van der Waals surface area contributed by atoms with E-state index in [9.17, 15) is 43.2 Å². The Kier molecular flexibility index (Phi) is 74.0. The van der Waals surface area contributed by atoms with Crippen LogP contribution < -0.4 is 0 Å². The fraction of sp³-hybridized carbons (Fsp3) is 0.855. The van der Waals surface area contributed by atoms with Crippen LogP contribution in [0.3, 0.4) is 0 Å². The topological polar surface area (TPSA) is 237 Å². The summed E-state index contributed by atoms with van der Waals surface area (Å²) in [6.45, 7) is 4.90. The first kappa shape index (κ1) is 99.0. The molecule has 598 valence electrons. The molecule has 0 aromatic carbocycles. The number of carbonyl (C=O) groups is 4. The van der Waals surface area contributed by atoms with Crippen LogP contribution in [0, 0.1) is 0 Å². The molecular weight excluding hydrogens is 1330 g/mol.